The molecule has 2 rings (SSSR count). The van der Waals surface area contributed by atoms with Gasteiger partial charge in [-0.25, -0.2) is 9.59 Å². The third-order valence-corrected chi connectivity index (χ3v) is 4.73. The van der Waals surface area contributed by atoms with Gasteiger partial charge in [-0.2, -0.15) is 0 Å². The van der Waals surface area contributed by atoms with E-state index in [1.54, 1.807) is 17.0 Å². The van der Waals surface area contributed by atoms with Crippen LogP contribution in [0.5, 0.6) is 0 Å². The van der Waals surface area contributed by atoms with Crippen LogP contribution in [0.2, 0.25) is 0 Å². The number of nitrogens with zero attached hydrogens (tertiary/aromatic N) is 1. The fraction of sp³-hybridized carbons (Fsp3) is 0.571. The molecule has 0 aliphatic heterocycles. The van der Waals surface area contributed by atoms with Crippen LogP contribution in [-0.2, 0) is 20.8 Å². The maximum atomic E-state index is 12.8. The second-order valence-electron chi connectivity index (χ2n) is 8.00. The van der Waals surface area contributed by atoms with E-state index in [0.717, 1.165) is 37.5 Å². The molecule has 6 nitrogen and oxygen atoms in total. The fourth-order valence-corrected chi connectivity index (χ4v) is 3.27. The van der Waals surface area contributed by atoms with E-state index in [4.69, 9.17) is 9.47 Å². The molecule has 0 N–H and O–H groups in total. The standard InChI is InChI=1S/C21H29NO5/c1-21(2,3)27-20(25)22(18-11-7-16(14-23)8-12-18)13-15-5-9-17(10-6-15)19(24)26-4/h5-6,9-10,14,16,18H,7-8,11-13H2,1-4H3/t16-,18-. The molecule has 0 spiro atoms. The van der Waals surface area contributed by atoms with Gasteiger partial charge in [0, 0.05) is 18.5 Å². The first-order chi connectivity index (χ1) is 12.7. The third-order valence-electron chi connectivity index (χ3n) is 4.73. The van der Waals surface area contributed by atoms with E-state index < -0.39 is 11.6 Å². The lowest BCUT2D eigenvalue weighted by Gasteiger charge is -2.36. The van der Waals surface area contributed by atoms with Gasteiger partial charge in [-0.3, -0.25) is 0 Å². The maximum absolute atomic E-state index is 12.8. The van der Waals surface area contributed by atoms with Gasteiger partial charge in [0.25, 0.3) is 0 Å². The Bertz CT molecular complexity index is 654. The van der Waals surface area contributed by atoms with E-state index >= 15 is 0 Å². The Labute approximate surface area is 160 Å². The van der Waals surface area contributed by atoms with Gasteiger partial charge < -0.3 is 19.2 Å². The van der Waals surface area contributed by atoms with Gasteiger partial charge in [0.1, 0.15) is 11.9 Å². The van der Waals surface area contributed by atoms with Crippen molar-refractivity contribution in [1.82, 2.24) is 4.90 Å². The molecule has 1 aliphatic rings. The van der Waals surface area contributed by atoms with E-state index in [-0.39, 0.29) is 18.1 Å². The Morgan fingerprint density at radius 2 is 1.70 bits per heavy atom. The lowest BCUT2D eigenvalue weighted by atomic mass is 9.86. The van der Waals surface area contributed by atoms with E-state index in [9.17, 15) is 14.4 Å². The van der Waals surface area contributed by atoms with Crippen LogP contribution < -0.4 is 0 Å². The van der Waals surface area contributed by atoms with E-state index in [0.29, 0.717) is 12.1 Å². The van der Waals surface area contributed by atoms with Crippen molar-refractivity contribution in [3.05, 3.63) is 35.4 Å². The van der Waals surface area contributed by atoms with Gasteiger partial charge in [-0.1, -0.05) is 12.1 Å². The molecule has 148 valence electrons. The number of ether oxygens (including phenoxy) is 2. The smallest absolute Gasteiger partial charge is 0.410 e. The molecule has 1 amide bonds. The second-order valence-corrected chi connectivity index (χ2v) is 8.00. The molecule has 0 saturated heterocycles. The van der Waals surface area contributed by atoms with Gasteiger partial charge in [0.05, 0.1) is 12.7 Å². The summed E-state index contributed by atoms with van der Waals surface area (Å²) < 4.78 is 10.3. The summed E-state index contributed by atoms with van der Waals surface area (Å²) in [7, 11) is 1.34. The molecule has 0 bridgehead atoms. The summed E-state index contributed by atoms with van der Waals surface area (Å²) in [5, 5.41) is 0. The lowest BCUT2D eigenvalue weighted by molar-refractivity contribution is -0.112. The Hall–Kier alpha value is -2.37. The summed E-state index contributed by atoms with van der Waals surface area (Å²) in [6, 6.07) is 7.06. The van der Waals surface area contributed by atoms with Crippen LogP contribution in [0.3, 0.4) is 0 Å². The first-order valence-corrected chi connectivity index (χ1v) is 9.35. The molecule has 1 aromatic carbocycles. The fourth-order valence-electron chi connectivity index (χ4n) is 3.27. The minimum absolute atomic E-state index is 0.0383. The van der Waals surface area contributed by atoms with Gasteiger partial charge in [0.2, 0.25) is 0 Å². The molecule has 1 aliphatic carbocycles. The number of rotatable bonds is 5. The Morgan fingerprint density at radius 3 is 2.19 bits per heavy atom. The zero-order valence-electron chi connectivity index (χ0n) is 16.6. The van der Waals surface area contributed by atoms with Crippen molar-refractivity contribution in [2.24, 2.45) is 5.92 Å². The van der Waals surface area contributed by atoms with Gasteiger partial charge in [0.15, 0.2) is 0 Å². The maximum Gasteiger partial charge on any atom is 0.410 e. The van der Waals surface area contributed by atoms with Crippen molar-refractivity contribution in [1.29, 1.82) is 0 Å². The highest BCUT2D eigenvalue weighted by atomic mass is 16.6. The van der Waals surface area contributed by atoms with Crippen LogP contribution in [0.1, 0.15) is 62.4 Å². The molecule has 1 fully saturated rings. The monoisotopic (exact) mass is 375 g/mol. The number of esters is 1. The van der Waals surface area contributed by atoms with E-state index in [1.165, 1.54) is 7.11 Å². The molecular formula is C21H29NO5. The average molecular weight is 375 g/mol. The minimum atomic E-state index is -0.579. The molecule has 0 heterocycles. The zero-order valence-corrected chi connectivity index (χ0v) is 16.6. The number of aldehydes is 1. The summed E-state index contributed by atoms with van der Waals surface area (Å²) in [6.07, 6.45) is 3.79. The Balaban J connectivity index is 2.15. The molecule has 6 heteroatoms. The van der Waals surface area contributed by atoms with Crippen LogP contribution in [0.25, 0.3) is 0 Å². The summed E-state index contributed by atoms with van der Waals surface area (Å²) in [5.41, 5.74) is 0.798. The summed E-state index contributed by atoms with van der Waals surface area (Å²) in [5.74, 6) is -0.307. The van der Waals surface area contributed by atoms with Crippen molar-refractivity contribution in [2.45, 2.75) is 64.6 Å². The first-order valence-electron chi connectivity index (χ1n) is 9.35. The predicted molar refractivity (Wildman–Crippen MR) is 101 cm³/mol. The van der Waals surface area contributed by atoms with Crippen LogP contribution in [-0.4, -0.2) is 42.0 Å². The van der Waals surface area contributed by atoms with Crippen LogP contribution >= 0.6 is 0 Å². The van der Waals surface area contributed by atoms with Gasteiger partial charge in [-0.15, -0.1) is 0 Å². The molecule has 1 aromatic rings. The topological polar surface area (TPSA) is 72.9 Å². The molecule has 27 heavy (non-hydrogen) atoms. The predicted octanol–water partition coefficient (Wildman–Crippen LogP) is 3.97. The molecule has 1 saturated carbocycles. The average Bonchev–Trinajstić information content (AvgIpc) is 2.64. The number of hydrogen-bond acceptors (Lipinski definition) is 5. The lowest BCUT2D eigenvalue weighted by Crippen LogP contribution is -2.44. The zero-order chi connectivity index (χ0) is 20.0. The second kappa shape index (κ2) is 9.02. The number of methoxy groups -OCH3 is 1. The number of carbonyl (C=O) groups excluding carboxylic acids is 3. The van der Waals surface area contributed by atoms with Crippen LogP contribution in [0.4, 0.5) is 4.79 Å². The van der Waals surface area contributed by atoms with Crippen LogP contribution in [0.15, 0.2) is 24.3 Å². The number of amides is 1. The molecule has 0 aromatic heterocycles. The van der Waals surface area contributed by atoms with Crippen molar-refractivity contribution >= 4 is 18.3 Å². The van der Waals surface area contributed by atoms with Crippen molar-refractivity contribution in [2.75, 3.05) is 7.11 Å². The van der Waals surface area contributed by atoms with Crippen LogP contribution in [0, 0.1) is 5.92 Å². The summed E-state index contributed by atoms with van der Waals surface area (Å²) in [4.78, 5) is 37.1. The Morgan fingerprint density at radius 1 is 1.11 bits per heavy atom. The summed E-state index contributed by atoms with van der Waals surface area (Å²) in [6.45, 7) is 5.93. The van der Waals surface area contributed by atoms with Gasteiger partial charge in [-0.05, 0) is 64.2 Å². The largest absolute Gasteiger partial charge is 0.465 e. The number of carbonyl (C=O) groups is 3. The highest BCUT2D eigenvalue weighted by molar-refractivity contribution is 5.89. The van der Waals surface area contributed by atoms with E-state index in [1.807, 2.05) is 32.9 Å². The normalized spacial score (nSPS) is 19.9. The highest BCUT2D eigenvalue weighted by Gasteiger charge is 2.31. The number of benzene rings is 1. The first kappa shape index (κ1) is 20.9. The minimum Gasteiger partial charge on any atom is -0.465 e. The SMILES string of the molecule is COC(=O)c1ccc(CN(C(=O)OC(C)(C)C)[C@H]2CC[C@H](C=O)CC2)cc1. The van der Waals surface area contributed by atoms with Crippen molar-refractivity contribution in [3.8, 4) is 0 Å². The molecule has 0 radical (unpaired) electrons. The number of hydrogen-bond donors (Lipinski definition) is 0. The molecule has 0 atom stereocenters. The van der Waals surface area contributed by atoms with Crippen molar-refractivity contribution < 1.29 is 23.9 Å². The van der Waals surface area contributed by atoms with Crippen molar-refractivity contribution in [3.63, 3.8) is 0 Å². The summed E-state index contributed by atoms with van der Waals surface area (Å²) >= 11 is 0. The quantitative estimate of drug-likeness (QED) is 0.575. The molecular weight excluding hydrogens is 346 g/mol. The third kappa shape index (κ3) is 6.08. The highest BCUT2D eigenvalue weighted by Crippen LogP contribution is 2.28. The molecule has 0 unspecified atom stereocenters. The Kier molecular flexibility index (Phi) is 6.99. The van der Waals surface area contributed by atoms with Gasteiger partial charge >= 0.3 is 12.1 Å². The van der Waals surface area contributed by atoms with E-state index in [2.05, 4.69) is 0 Å².